The molecule has 2 aromatic carbocycles. The molecule has 0 unspecified atom stereocenters. The number of fused-ring (bicyclic) bond motifs is 1. The van der Waals surface area contributed by atoms with Crippen molar-refractivity contribution in [2.24, 2.45) is 0 Å². The number of imidazole rings is 1. The Morgan fingerprint density at radius 1 is 1.14 bits per heavy atom. The first-order chi connectivity index (χ1) is 10.2. The predicted octanol–water partition coefficient (Wildman–Crippen LogP) is 4.27. The van der Waals surface area contributed by atoms with Gasteiger partial charge in [-0.25, -0.2) is 4.98 Å². The second-order valence-electron chi connectivity index (χ2n) is 5.16. The molecule has 0 spiro atoms. The van der Waals surface area contributed by atoms with Crippen molar-refractivity contribution in [3.8, 4) is 0 Å². The fourth-order valence-corrected chi connectivity index (χ4v) is 2.93. The molecule has 0 saturated carbocycles. The molecule has 2 N–H and O–H groups in total. The monoisotopic (exact) mass is 299 g/mol. The molecule has 3 rings (SSSR count). The molecule has 4 heteroatoms. The van der Waals surface area contributed by atoms with Gasteiger partial charge in [0.05, 0.1) is 16.1 Å². The van der Waals surface area contributed by atoms with Crippen molar-refractivity contribution in [3.05, 3.63) is 58.9 Å². The molecule has 3 nitrogen and oxygen atoms in total. The maximum Gasteiger partial charge on any atom is 0.114 e. The molecule has 1 heterocycles. The molecule has 0 bridgehead atoms. The van der Waals surface area contributed by atoms with E-state index < -0.39 is 0 Å². The third kappa shape index (κ3) is 2.61. The Balaban J connectivity index is 2.12. The number of aryl methyl sites for hydroxylation is 1. The van der Waals surface area contributed by atoms with Gasteiger partial charge in [-0.2, -0.15) is 0 Å². The van der Waals surface area contributed by atoms with Crippen molar-refractivity contribution in [3.63, 3.8) is 0 Å². The summed E-state index contributed by atoms with van der Waals surface area (Å²) >= 11 is 6.36. The van der Waals surface area contributed by atoms with E-state index >= 15 is 0 Å². The fraction of sp³-hybridized carbons (Fsp3) is 0.235. The lowest BCUT2D eigenvalue weighted by Crippen LogP contribution is -2.05. The van der Waals surface area contributed by atoms with E-state index in [2.05, 4.69) is 11.5 Å². The molecule has 3 aromatic rings. The van der Waals surface area contributed by atoms with Gasteiger partial charge in [0.1, 0.15) is 5.82 Å². The molecule has 108 valence electrons. The molecule has 0 fully saturated rings. The van der Waals surface area contributed by atoms with Crippen LogP contribution in [-0.2, 0) is 13.0 Å². The van der Waals surface area contributed by atoms with E-state index in [1.807, 2.05) is 42.5 Å². The van der Waals surface area contributed by atoms with E-state index in [1.54, 1.807) is 0 Å². The highest BCUT2D eigenvalue weighted by atomic mass is 35.5. The van der Waals surface area contributed by atoms with Crippen LogP contribution in [-0.4, -0.2) is 9.55 Å². The summed E-state index contributed by atoms with van der Waals surface area (Å²) in [5.41, 5.74) is 9.92. The quantitative estimate of drug-likeness (QED) is 0.731. The van der Waals surface area contributed by atoms with E-state index in [9.17, 15) is 0 Å². The average molecular weight is 300 g/mol. The highest BCUT2D eigenvalue weighted by Crippen LogP contribution is 2.26. The molecule has 0 saturated heterocycles. The number of para-hydroxylation sites is 2. The summed E-state index contributed by atoms with van der Waals surface area (Å²) in [6.45, 7) is 3.06. The van der Waals surface area contributed by atoms with Crippen LogP contribution in [0.15, 0.2) is 42.5 Å². The average Bonchev–Trinajstić information content (AvgIpc) is 2.81. The number of rotatable bonds is 4. The molecule has 21 heavy (non-hydrogen) atoms. The fourth-order valence-electron chi connectivity index (χ4n) is 2.65. The zero-order chi connectivity index (χ0) is 14.8. The summed E-state index contributed by atoms with van der Waals surface area (Å²) in [7, 11) is 0. The lowest BCUT2D eigenvalue weighted by molar-refractivity contribution is 0.664. The van der Waals surface area contributed by atoms with Gasteiger partial charge in [0.2, 0.25) is 0 Å². The summed E-state index contributed by atoms with van der Waals surface area (Å²) in [4.78, 5) is 4.75. The van der Waals surface area contributed by atoms with Crippen LogP contribution in [0.3, 0.4) is 0 Å². The van der Waals surface area contributed by atoms with Crippen LogP contribution in [0.25, 0.3) is 11.0 Å². The zero-order valence-electron chi connectivity index (χ0n) is 12.0. The lowest BCUT2D eigenvalue weighted by Gasteiger charge is -2.10. The van der Waals surface area contributed by atoms with Crippen molar-refractivity contribution in [2.45, 2.75) is 26.3 Å². The lowest BCUT2D eigenvalue weighted by atomic mass is 10.1. The summed E-state index contributed by atoms with van der Waals surface area (Å²) < 4.78 is 2.21. The Kier molecular flexibility index (Phi) is 3.84. The first-order valence-electron chi connectivity index (χ1n) is 7.17. The summed E-state index contributed by atoms with van der Waals surface area (Å²) in [6, 6.07) is 13.8. The maximum absolute atomic E-state index is 6.36. The largest absolute Gasteiger partial charge is 0.398 e. The number of benzene rings is 2. The van der Waals surface area contributed by atoms with Gasteiger partial charge >= 0.3 is 0 Å². The normalized spacial score (nSPS) is 11.1. The van der Waals surface area contributed by atoms with Crippen molar-refractivity contribution in [1.82, 2.24) is 9.55 Å². The second-order valence-corrected chi connectivity index (χ2v) is 5.57. The van der Waals surface area contributed by atoms with E-state index in [1.165, 1.54) is 0 Å². The van der Waals surface area contributed by atoms with Crippen LogP contribution in [0.2, 0.25) is 5.02 Å². The minimum absolute atomic E-state index is 0.720. The number of aromatic nitrogens is 2. The van der Waals surface area contributed by atoms with Gasteiger partial charge in [-0.15, -0.1) is 0 Å². The molecular formula is C17H18ClN3. The Bertz CT molecular complexity index is 777. The molecule has 0 aliphatic carbocycles. The van der Waals surface area contributed by atoms with E-state index in [4.69, 9.17) is 22.3 Å². The van der Waals surface area contributed by atoms with E-state index in [-0.39, 0.29) is 0 Å². The van der Waals surface area contributed by atoms with Crippen molar-refractivity contribution >= 4 is 28.3 Å². The first-order valence-corrected chi connectivity index (χ1v) is 7.55. The minimum atomic E-state index is 0.720. The highest BCUT2D eigenvalue weighted by molar-refractivity contribution is 6.35. The number of hydrogen-bond acceptors (Lipinski definition) is 2. The van der Waals surface area contributed by atoms with Crippen LogP contribution in [0.5, 0.6) is 0 Å². The standard InChI is InChI=1S/C17H18ClN3/c1-2-10-21-16(11-12-6-3-4-8-14(12)19)20-15-9-5-7-13(18)17(15)21/h3-9H,2,10-11,19H2,1H3. The van der Waals surface area contributed by atoms with Crippen molar-refractivity contribution in [1.29, 1.82) is 0 Å². The van der Waals surface area contributed by atoms with Gasteiger partial charge in [0.25, 0.3) is 0 Å². The van der Waals surface area contributed by atoms with Gasteiger partial charge in [-0.3, -0.25) is 0 Å². The van der Waals surface area contributed by atoms with E-state index in [0.29, 0.717) is 0 Å². The Hall–Kier alpha value is -2.00. The van der Waals surface area contributed by atoms with Gasteiger partial charge < -0.3 is 10.3 Å². The number of nitrogen functional groups attached to an aromatic ring is 1. The van der Waals surface area contributed by atoms with Gasteiger partial charge in [-0.05, 0) is 30.2 Å². The van der Waals surface area contributed by atoms with Crippen molar-refractivity contribution < 1.29 is 0 Å². The second kappa shape index (κ2) is 5.78. The molecule has 0 aliphatic rings. The molecule has 0 amide bonds. The van der Waals surface area contributed by atoms with Gasteiger partial charge in [0.15, 0.2) is 0 Å². The molecular weight excluding hydrogens is 282 g/mol. The SMILES string of the molecule is CCCn1c(Cc2ccccc2N)nc2cccc(Cl)c21. The first kappa shape index (κ1) is 14.0. The van der Waals surface area contributed by atoms with Crippen LogP contribution < -0.4 is 5.73 Å². The summed E-state index contributed by atoms with van der Waals surface area (Å²) in [6.07, 6.45) is 1.76. The van der Waals surface area contributed by atoms with Crippen LogP contribution in [0.4, 0.5) is 5.69 Å². The predicted molar refractivity (Wildman–Crippen MR) is 88.7 cm³/mol. The van der Waals surface area contributed by atoms with Gasteiger partial charge in [-0.1, -0.05) is 42.8 Å². The maximum atomic E-state index is 6.36. The van der Waals surface area contributed by atoms with Crippen molar-refractivity contribution in [2.75, 3.05) is 5.73 Å². The summed E-state index contributed by atoms with van der Waals surface area (Å²) in [5, 5.41) is 0.751. The number of nitrogens with zero attached hydrogens (tertiary/aromatic N) is 2. The number of halogens is 1. The third-order valence-corrected chi connectivity index (χ3v) is 3.95. The molecule has 0 radical (unpaired) electrons. The topological polar surface area (TPSA) is 43.8 Å². The number of anilines is 1. The molecule has 0 aliphatic heterocycles. The Morgan fingerprint density at radius 3 is 2.71 bits per heavy atom. The van der Waals surface area contributed by atoms with Crippen LogP contribution in [0.1, 0.15) is 24.7 Å². The zero-order valence-corrected chi connectivity index (χ0v) is 12.8. The molecule has 0 atom stereocenters. The van der Waals surface area contributed by atoms with Gasteiger partial charge in [0, 0.05) is 18.7 Å². The Labute approximate surface area is 129 Å². The van der Waals surface area contributed by atoms with Crippen LogP contribution in [0, 0.1) is 0 Å². The highest BCUT2D eigenvalue weighted by Gasteiger charge is 2.14. The third-order valence-electron chi connectivity index (χ3n) is 3.65. The number of hydrogen-bond donors (Lipinski definition) is 1. The minimum Gasteiger partial charge on any atom is -0.398 e. The van der Waals surface area contributed by atoms with E-state index in [0.717, 1.165) is 52.5 Å². The smallest absolute Gasteiger partial charge is 0.114 e. The summed E-state index contributed by atoms with van der Waals surface area (Å²) in [5.74, 6) is 1.01. The number of nitrogens with two attached hydrogens (primary N) is 1. The van der Waals surface area contributed by atoms with Crippen LogP contribution >= 0.6 is 11.6 Å². The Morgan fingerprint density at radius 2 is 1.95 bits per heavy atom. The molecule has 1 aromatic heterocycles.